The van der Waals surface area contributed by atoms with E-state index in [0.29, 0.717) is 12.1 Å². The molecule has 1 rings (SSSR count). The molecule has 0 aliphatic rings. The molecule has 5 nitrogen and oxygen atoms in total. The quantitative estimate of drug-likeness (QED) is 0.507. The molecule has 1 atom stereocenters. The molecule has 0 aliphatic heterocycles. The van der Waals surface area contributed by atoms with Crippen LogP contribution in [-0.2, 0) is 0 Å². The fraction of sp³-hybridized carbons (Fsp3) is 0.333. The van der Waals surface area contributed by atoms with Gasteiger partial charge in [-0.2, -0.15) is 22.0 Å². The number of phenols is 1. The van der Waals surface area contributed by atoms with Crippen LogP contribution in [0.15, 0.2) is 18.2 Å². The number of benzene rings is 1. The highest BCUT2D eigenvalue weighted by Crippen LogP contribution is 2.45. The van der Waals surface area contributed by atoms with E-state index in [9.17, 15) is 37.2 Å². The van der Waals surface area contributed by atoms with E-state index < -0.39 is 40.1 Å². The SMILES string of the molecule is N[C@H](c1cc([N+](=O)[O-])ccc1O)C(F)(F)C(F)(F)F. The Balaban J connectivity index is 3.30. The predicted molar refractivity (Wildman–Crippen MR) is 52.7 cm³/mol. The smallest absolute Gasteiger partial charge is 0.455 e. The number of nitrogens with zero attached hydrogens (tertiary/aromatic N) is 1. The molecule has 0 radical (unpaired) electrons. The van der Waals surface area contributed by atoms with Gasteiger partial charge in [0.1, 0.15) is 11.8 Å². The van der Waals surface area contributed by atoms with Crippen LogP contribution in [0.3, 0.4) is 0 Å². The highest BCUT2D eigenvalue weighted by molar-refractivity contribution is 5.45. The van der Waals surface area contributed by atoms with Gasteiger partial charge >= 0.3 is 12.1 Å². The lowest BCUT2D eigenvalue weighted by Crippen LogP contribution is -2.45. The summed E-state index contributed by atoms with van der Waals surface area (Å²) in [4.78, 5) is 9.39. The lowest BCUT2D eigenvalue weighted by atomic mass is 9.99. The molecule has 106 valence electrons. The third-order valence-electron chi connectivity index (χ3n) is 2.33. The third kappa shape index (κ3) is 2.72. The molecule has 0 fully saturated rings. The standard InChI is InChI=1S/C9H7F5N2O3/c10-8(11,9(12,13)14)7(15)5-3-4(16(18)19)1-2-6(5)17/h1-3,7,17H,15H2/t7-/m1/s1. The average Bonchev–Trinajstić information content (AvgIpc) is 2.26. The minimum atomic E-state index is -5.94. The molecule has 10 heteroatoms. The lowest BCUT2D eigenvalue weighted by Gasteiger charge is -2.26. The number of phenolic OH excluding ortho intramolecular Hbond substituents is 1. The molecule has 0 heterocycles. The van der Waals surface area contributed by atoms with Crippen LogP contribution in [0.1, 0.15) is 11.6 Å². The van der Waals surface area contributed by atoms with Gasteiger partial charge in [-0.15, -0.1) is 0 Å². The Morgan fingerprint density at radius 3 is 2.21 bits per heavy atom. The van der Waals surface area contributed by atoms with Gasteiger partial charge < -0.3 is 10.8 Å². The van der Waals surface area contributed by atoms with Crippen molar-refractivity contribution in [1.29, 1.82) is 0 Å². The second kappa shape index (κ2) is 4.61. The van der Waals surface area contributed by atoms with E-state index in [2.05, 4.69) is 0 Å². The van der Waals surface area contributed by atoms with Gasteiger partial charge in [0.05, 0.1) is 4.92 Å². The first kappa shape index (κ1) is 15.1. The van der Waals surface area contributed by atoms with Crippen LogP contribution in [0.25, 0.3) is 0 Å². The largest absolute Gasteiger partial charge is 0.508 e. The number of aromatic hydroxyl groups is 1. The second-order valence-electron chi connectivity index (χ2n) is 3.60. The molecule has 0 unspecified atom stereocenters. The van der Waals surface area contributed by atoms with Gasteiger partial charge in [0.15, 0.2) is 0 Å². The van der Waals surface area contributed by atoms with E-state index in [1.165, 1.54) is 0 Å². The minimum Gasteiger partial charge on any atom is -0.508 e. The maximum atomic E-state index is 13.0. The molecule has 0 aromatic heterocycles. The van der Waals surface area contributed by atoms with Gasteiger partial charge in [-0.05, 0) is 6.07 Å². The van der Waals surface area contributed by atoms with E-state index in [4.69, 9.17) is 5.73 Å². The van der Waals surface area contributed by atoms with Crippen LogP contribution in [0.4, 0.5) is 27.6 Å². The van der Waals surface area contributed by atoms with Crippen molar-refractivity contribution in [2.24, 2.45) is 5.73 Å². The Morgan fingerprint density at radius 2 is 1.79 bits per heavy atom. The normalized spacial score (nSPS) is 14.2. The number of hydrogen-bond acceptors (Lipinski definition) is 4. The molecular weight excluding hydrogens is 279 g/mol. The van der Waals surface area contributed by atoms with Gasteiger partial charge in [-0.3, -0.25) is 10.1 Å². The first-order chi connectivity index (χ1) is 8.48. The molecule has 0 saturated carbocycles. The molecule has 0 saturated heterocycles. The highest BCUT2D eigenvalue weighted by atomic mass is 19.4. The van der Waals surface area contributed by atoms with Crippen molar-refractivity contribution in [3.63, 3.8) is 0 Å². The Bertz CT molecular complexity index is 503. The van der Waals surface area contributed by atoms with E-state index in [-0.39, 0.29) is 0 Å². The summed E-state index contributed by atoms with van der Waals surface area (Å²) < 4.78 is 62.3. The van der Waals surface area contributed by atoms with Crippen LogP contribution in [-0.4, -0.2) is 22.1 Å². The van der Waals surface area contributed by atoms with E-state index in [1.807, 2.05) is 0 Å². The van der Waals surface area contributed by atoms with Crippen molar-refractivity contribution in [2.75, 3.05) is 0 Å². The minimum absolute atomic E-state index is 0.375. The topological polar surface area (TPSA) is 89.4 Å². The number of halogens is 5. The van der Waals surface area contributed by atoms with Crippen molar-refractivity contribution < 1.29 is 32.0 Å². The second-order valence-corrected chi connectivity index (χ2v) is 3.60. The van der Waals surface area contributed by atoms with Crippen molar-refractivity contribution in [3.05, 3.63) is 33.9 Å². The number of alkyl halides is 5. The Morgan fingerprint density at radius 1 is 1.26 bits per heavy atom. The van der Waals surface area contributed by atoms with Crippen LogP contribution in [0.5, 0.6) is 5.75 Å². The van der Waals surface area contributed by atoms with Crippen molar-refractivity contribution in [2.45, 2.75) is 18.1 Å². The number of rotatable bonds is 3. The monoisotopic (exact) mass is 286 g/mol. The summed E-state index contributed by atoms with van der Waals surface area (Å²) >= 11 is 0. The number of nitro groups is 1. The molecule has 0 aliphatic carbocycles. The first-order valence-electron chi connectivity index (χ1n) is 4.66. The van der Waals surface area contributed by atoms with E-state index >= 15 is 0 Å². The fourth-order valence-electron chi connectivity index (χ4n) is 1.28. The summed E-state index contributed by atoms with van der Waals surface area (Å²) in [5.74, 6) is -6.32. The van der Waals surface area contributed by atoms with Crippen LogP contribution in [0, 0.1) is 10.1 Å². The number of hydrogen-bond donors (Lipinski definition) is 2. The zero-order valence-electron chi connectivity index (χ0n) is 8.99. The van der Waals surface area contributed by atoms with Gasteiger partial charge in [-0.1, -0.05) is 0 Å². The van der Waals surface area contributed by atoms with E-state index in [0.717, 1.165) is 6.07 Å². The molecule has 1 aromatic carbocycles. The van der Waals surface area contributed by atoms with Crippen LogP contribution >= 0.6 is 0 Å². The Kier molecular flexibility index (Phi) is 3.66. The Hall–Kier alpha value is -1.97. The molecular formula is C9H7F5N2O3. The molecule has 0 amide bonds. The number of nitro benzene ring substituents is 1. The Labute approximate surface area is 102 Å². The summed E-state index contributed by atoms with van der Waals surface area (Å²) in [6.45, 7) is 0. The first-order valence-corrected chi connectivity index (χ1v) is 4.66. The molecule has 19 heavy (non-hydrogen) atoms. The van der Waals surface area contributed by atoms with Crippen molar-refractivity contribution in [3.8, 4) is 5.75 Å². The van der Waals surface area contributed by atoms with E-state index in [1.54, 1.807) is 0 Å². The van der Waals surface area contributed by atoms with Gasteiger partial charge in [-0.25, -0.2) is 0 Å². The maximum absolute atomic E-state index is 13.0. The zero-order valence-corrected chi connectivity index (χ0v) is 8.99. The summed E-state index contributed by atoms with van der Waals surface area (Å²) in [5, 5.41) is 19.6. The number of nitrogens with two attached hydrogens (primary N) is 1. The third-order valence-corrected chi connectivity index (χ3v) is 2.33. The van der Waals surface area contributed by atoms with Crippen molar-refractivity contribution in [1.82, 2.24) is 0 Å². The summed E-state index contributed by atoms with van der Waals surface area (Å²) in [6.07, 6.45) is -5.94. The lowest BCUT2D eigenvalue weighted by molar-refractivity contribution is -0.385. The predicted octanol–water partition coefficient (Wildman–Crippen LogP) is 2.50. The van der Waals surface area contributed by atoms with Crippen LogP contribution < -0.4 is 5.73 Å². The number of non-ortho nitro benzene ring substituents is 1. The molecule has 3 N–H and O–H groups in total. The highest BCUT2D eigenvalue weighted by Gasteiger charge is 2.62. The van der Waals surface area contributed by atoms with Crippen LogP contribution in [0.2, 0.25) is 0 Å². The summed E-state index contributed by atoms with van der Waals surface area (Å²) in [6, 6.07) is -1.20. The van der Waals surface area contributed by atoms with Gasteiger partial charge in [0.2, 0.25) is 0 Å². The summed E-state index contributed by atoms with van der Waals surface area (Å²) in [5.41, 5.74) is 2.95. The zero-order chi connectivity index (χ0) is 15.0. The molecule has 1 aromatic rings. The summed E-state index contributed by atoms with van der Waals surface area (Å²) in [7, 11) is 0. The fourth-order valence-corrected chi connectivity index (χ4v) is 1.28. The van der Waals surface area contributed by atoms with Gasteiger partial charge in [0, 0.05) is 17.7 Å². The molecule has 0 spiro atoms. The average molecular weight is 286 g/mol. The van der Waals surface area contributed by atoms with Gasteiger partial charge in [0.25, 0.3) is 5.69 Å². The van der Waals surface area contributed by atoms with Crippen molar-refractivity contribution >= 4 is 5.69 Å². The molecule has 0 bridgehead atoms. The maximum Gasteiger partial charge on any atom is 0.455 e.